The van der Waals surface area contributed by atoms with Crippen LogP contribution in [0.5, 0.6) is 0 Å². The minimum atomic E-state index is -0.544. The first-order valence-corrected chi connectivity index (χ1v) is 12.5. The quantitative estimate of drug-likeness (QED) is 0.523. The molecule has 0 aliphatic carbocycles. The Hall–Kier alpha value is -1.47. The highest BCUT2D eigenvalue weighted by Crippen LogP contribution is 2.45. The molecule has 1 aromatic carbocycles. The molecule has 2 aliphatic rings. The molecule has 0 saturated carbocycles. The number of carbonyl (C=O) groups is 1. The molecule has 0 radical (unpaired) electrons. The first-order chi connectivity index (χ1) is 15.2. The number of nitrogens with zero attached hydrogens (tertiary/aromatic N) is 1. The van der Waals surface area contributed by atoms with Crippen LogP contribution in [-0.2, 0) is 32.7 Å². The summed E-state index contributed by atoms with van der Waals surface area (Å²) in [6.45, 7) is 8.49. The highest BCUT2D eigenvalue weighted by atomic mass is 35.5. The Morgan fingerprint density at radius 3 is 2.72 bits per heavy atom. The summed E-state index contributed by atoms with van der Waals surface area (Å²) in [5, 5.41) is 0.536. The maximum Gasteiger partial charge on any atom is 0.311 e. The first kappa shape index (κ1) is 23.7. The summed E-state index contributed by atoms with van der Waals surface area (Å²) in [7, 11) is 0. The van der Waals surface area contributed by atoms with E-state index in [2.05, 4.69) is 4.90 Å². The van der Waals surface area contributed by atoms with Crippen LogP contribution in [0, 0.1) is 11.0 Å². The van der Waals surface area contributed by atoms with Crippen molar-refractivity contribution in [2.75, 3.05) is 26.2 Å². The zero-order valence-corrected chi connectivity index (χ0v) is 20.5. The standard InChI is InChI=1S/C25H31ClFNO3S/c1-24(2,3)31-23(29)19(14-17-6-4-5-7-20(17)26)16-28-11-9-25(10-12-28)22-18(8-13-30-25)15-21(27)32-22/h4-7,15,19H,8-14,16H2,1-3H3. The van der Waals surface area contributed by atoms with Crippen molar-refractivity contribution in [3.8, 4) is 0 Å². The summed E-state index contributed by atoms with van der Waals surface area (Å²) < 4.78 is 25.9. The van der Waals surface area contributed by atoms with Crippen LogP contribution in [0.4, 0.5) is 4.39 Å². The van der Waals surface area contributed by atoms with Crippen molar-refractivity contribution < 1.29 is 18.7 Å². The number of halogens is 2. The molecule has 0 amide bonds. The average molecular weight is 480 g/mol. The van der Waals surface area contributed by atoms with Crippen molar-refractivity contribution in [3.05, 3.63) is 56.5 Å². The lowest BCUT2D eigenvalue weighted by molar-refractivity contribution is -0.161. The van der Waals surface area contributed by atoms with Gasteiger partial charge in [-0.25, -0.2) is 0 Å². The van der Waals surface area contributed by atoms with E-state index < -0.39 is 5.60 Å². The molecule has 0 bridgehead atoms. The van der Waals surface area contributed by atoms with E-state index in [1.54, 1.807) is 6.07 Å². The molecule has 1 fully saturated rings. The van der Waals surface area contributed by atoms with Crippen molar-refractivity contribution in [1.29, 1.82) is 0 Å². The van der Waals surface area contributed by atoms with Crippen LogP contribution in [0.15, 0.2) is 30.3 Å². The van der Waals surface area contributed by atoms with E-state index in [1.807, 2.05) is 45.0 Å². The molecule has 2 aromatic rings. The summed E-state index contributed by atoms with van der Waals surface area (Å²) in [5.74, 6) is -0.514. The molecule has 1 spiro atoms. The molecule has 1 aromatic heterocycles. The summed E-state index contributed by atoms with van der Waals surface area (Å²) in [4.78, 5) is 16.4. The second kappa shape index (κ2) is 9.41. The number of hydrogen-bond donors (Lipinski definition) is 0. The predicted molar refractivity (Wildman–Crippen MR) is 126 cm³/mol. The van der Waals surface area contributed by atoms with E-state index in [0.29, 0.717) is 24.6 Å². The van der Waals surface area contributed by atoms with Gasteiger partial charge in [0.1, 0.15) is 11.2 Å². The zero-order chi connectivity index (χ0) is 22.9. The lowest BCUT2D eigenvalue weighted by atomic mass is 9.85. The molecule has 2 aliphatic heterocycles. The Morgan fingerprint density at radius 2 is 2.03 bits per heavy atom. The van der Waals surface area contributed by atoms with Crippen LogP contribution < -0.4 is 0 Å². The van der Waals surface area contributed by atoms with Crippen molar-refractivity contribution in [2.24, 2.45) is 5.92 Å². The van der Waals surface area contributed by atoms with Gasteiger partial charge in [0.05, 0.1) is 12.5 Å². The van der Waals surface area contributed by atoms with Crippen LogP contribution in [0.25, 0.3) is 0 Å². The van der Waals surface area contributed by atoms with Gasteiger partial charge in [0, 0.05) is 29.5 Å². The third kappa shape index (κ3) is 5.36. The van der Waals surface area contributed by atoms with Gasteiger partial charge in [-0.1, -0.05) is 29.8 Å². The van der Waals surface area contributed by atoms with Crippen molar-refractivity contribution in [1.82, 2.24) is 4.90 Å². The van der Waals surface area contributed by atoms with E-state index in [4.69, 9.17) is 21.1 Å². The second-order valence-corrected chi connectivity index (χ2v) is 11.2. The predicted octanol–water partition coefficient (Wildman–Crippen LogP) is 5.61. The monoisotopic (exact) mass is 479 g/mol. The van der Waals surface area contributed by atoms with Crippen molar-refractivity contribution >= 4 is 28.9 Å². The summed E-state index contributed by atoms with van der Waals surface area (Å²) in [6.07, 6.45) is 2.91. The van der Waals surface area contributed by atoms with E-state index in [9.17, 15) is 9.18 Å². The van der Waals surface area contributed by atoms with Crippen LogP contribution in [0.2, 0.25) is 5.02 Å². The van der Waals surface area contributed by atoms with E-state index >= 15 is 0 Å². The number of benzene rings is 1. The van der Waals surface area contributed by atoms with Crippen LogP contribution in [-0.4, -0.2) is 42.7 Å². The maximum atomic E-state index is 13.9. The number of rotatable bonds is 5. The van der Waals surface area contributed by atoms with Gasteiger partial charge in [-0.2, -0.15) is 4.39 Å². The number of piperidine rings is 1. The normalized spacial score (nSPS) is 19.5. The smallest absolute Gasteiger partial charge is 0.311 e. The van der Waals surface area contributed by atoms with E-state index in [-0.39, 0.29) is 22.6 Å². The van der Waals surface area contributed by atoms with E-state index in [0.717, 1.165) is 48.4 Å². The van der Waals surface area contributed by atoms with E-state index in [1.165, 1.54) is 11.3 Å². The lowest BCUT2D eigenvalue weighted by Gasteiger charge is -2.44. The Kier molecular flexibility index (Phi) is 6.97. The largest absolute Gasteiger partial charge is 0.460 e. The Balaban J connectivity index is 1.46. The molecule has 3 heterocycles. The summed E-state index contributed by atoms with van der Waals surface area (Å²) >= 11 is 7.61. The summed E-state index contributed by atoms with van der Waals surface area (Å²) in [6, 6.07) is 9.32. The molecule has 1 atom stereocenters. The van der Waals surface area contributed by atoms with Gasteiger partial charge in [-0.3, -0.25) is 4.79 Å². The summed E-state index contributed by atoms with van der Waals surface area (Å²) in [5.41, 5.74) is 1.12. The molecule has 32 heavy (non-hydrogen) atoms. The number of hydrogen-bond acceptors (Lipinski definition) is 5. The maximum absolute atomic E-state index is 13.9. The third-order valence-corrected chi connectivity index (χ3v) is 7.77. The van der Waals surface area contributed by atoms with Gasteiger partial charge < -0.3 is 14.4 Å². The Morgan fingerprint density at radius 1 is 1.31 bits per heavy atom. The topological polar surface area (TPSA) is 38.8 Å². The minimum absolute atomic E-state index is 0.132. The number of carbonyl (C=O) groups excluding carboxylic acids is 1. The van der Waals surface area contributed by atoms with Gasteiger partial charge in [0.15, 0.2) is 5.13 Å². The first-order valence-electron chi connectivity index (χ1n) is 11.3. The molecule has 174 valence electrons. The fourth-order valence-electron chi connectivity index (χ4n) is 4.71. The molecule has 7 heteroatoms. The number of thiophene rings is 1. The number of ether oxygens (including phenoxy) is 2. The van der Waals surface area contributed by atoms with Crippen LogP contribution in [0.3, 0.4) is 0 Å². The zero-order valence-electron chi connectivity index (χ0n) is 19.0. The SMILES string of the molecule is CC(C)(C)OC(=O)C(Cc1ccccc1Cl)CN1CCC2(CC1)OCCc1cc(F)sc12. The molecular weight excluding hydrogens is 449 g/mol. The molecular formula is C25H31ClFNO3S. The van der Waals surface area contributed by atoms with Crippen LogP contribution in [0.1, 0.15) is 49.6 Å². The molecule has 4 nitrogen and oxygen atoms in total. The van der Waals surface area contributed by atoms with Gasteiger partial charge in [-0.05, 0) is 69.7 Å². The van der Waals surface area contributed by atoms with Gasteiger partial charge in [-0.15, -0.1) is 11.3 Å². The second-order valence-electron chi connectivity index (χ2n) is 9.82. The fraction of sp³-hybridized carbons (Fsp3) is 0.560. The van der Waals surface area contributed by atoms with Crippen molar-refractivity contribution in [2.45, 2.75) is 57.7 Å². The average Bonchev–Trinajstić information content (AvgIpc) is 3.11. The molecule has 0 N–H and O–H groups in total. The number of esters is 1. The third-order valence-electron chi connectivity index (χ3n) is 6.25. The number of likely N-dealkylation sites (tertiary alicyclic amines) is 1. The van der Waals surface area contributed by atoms with Gasteiger partial charge in [0.25, 0.3) is 0 Å². The highest BCUT2D eigenvalue weighted by Gasteiger charge is 2.43. The highest BCUT2D eigenvalue weighted by molar-refractivity contribution is 7.10. The Bertz CT molecular complexity index is 962. The Labute approximate surface area is 198 Å². The van der Waals surface area contributed by atoms with Crippen molar-refractivity contribution in [3.63, 3.8) is 0 Å². The lowest BCUT2D eigenvalue weighted by Crippen LogP contribution is -2.48. The van der Waals surface area contributed by atoms with Gasteiger partial charge in [0.2, 0.25) is 0 Å². The molecule has 1 saturated heterocycles. The minimum Gasteiger partial charge on any atom is -0.460 e. The van der Waals surface area contributed by atoms with Gasteiger partial charge >= 0.3 is 5.97 Å². The fourth-order valence-corrected chi connectivity index (χ4v) is 6.06. The van der Waals surface area contributed by atoms with Crippen LogP contribution >= 0.6 is 22.9 Å². The molecule has 1 unspecified atom stereocenters. The number of fused-ring (bicyclic) bond motifs is 2. The molecule has 4 rings (SSSR count).